The van der Waals surface area contributed by atoms with E-state index in [9.17, 15) is 9.59 Å². The Morgan fingerprint density at radius 2 is 1.40 bits per heavy atom. The molecule has 184 valence electrons. The SMILES string of the molecule is COC[C@H](Cc1ccccc1)N(C(=O)OC(C)(C)C)C(C(N)=O)c1ccc(-c2ccccc2)cc1. The number of rotatable bonds is 9. The van der Waals surface area contributed by atoms with Crippen LogP contribution in [0.4, 0.5) is 4.79 Å². The Hall–Kier alpha value is -3.64. The van der Waals surface area contributed by atoms with E-state index >= 15 is 0 Å². The van der Waals surface area contributed by atoms with Gasteiger partial charge in [0, 0.05) is 7.11 Å². The minimum Gasteiger partial charge on any atom is -0.444 e. The van der Waals surface area contributed by atoms with Crippen LogP contribution in [-0.4, -0.2) is 42.3 Å². The van der Waals surface area contributed by atoms with E-state index in [2.05, 4.69) is 0 Å². The number of nitrogens with two attached hydrogens (primary N) is 1. The van der Waals surface area contributed by atoms with Crippen LogP contribution in [0.2, 0.25) is 0 Å². The summed E-state index contributed by atoms with van der Waals surface area (Å²) in [6.45, 7) is 5.58. The van der Waals surface area contributed by atoms with Gasteiger partial charge in [0.2, 0.25) is 5.91 Å². The zero-order chi connectivity index (χ0) is 25.4. The van der Waals surface area contributed by atoms with Crippen molar-refractivity contribution in [2.45, 2.75) is 44.9 Å². The average Bonchev–Trinajstić information content (AvgIpc) is 2.82. The van der Waals surface area contributed by atoms with E-state index in [-0.39, 0.29) is 6.61 Å². The third-order valence-corrected chi connectivity index (χ3v) is 5.55. The number of benzene rings is 3. The van der Waals surface area contributed by atoms with Crippen molar-refractivity contribution in [1.29, 1.82) is 0 Å². The van der Waals surface area contributed by atoms with Crippen molar-refractivity contribution < 1.29 is 19.1 Å². The van der Waals surface area contributed by atoms with E-state index in [0.29, 0.717) is 12.0 Å². The number of amides is 2. The second-order valence-corrected chi connectivity index (χ2v) is 9.48. The number of primary amides is 1. The van der Waals surface area contributed by atoms with E-state index in [1.807, 2.05) is 84.9 Å². The third-order valence-electron chi connectivity index (χ3n) is 5.55. The maximum atomic E-state index is 13.5. The smallest absolute Gasteiger partial charge is 0.411 e. The van der Waals surface area contributed by atoms with Crippen LogP contribution in [0.25, 0.3) is 11.1 Å². The lowest BCUT2D eigenvalue weighted by Crippen LogP contribution is -2.51. The first kappa shape index (κ1) is 26.0. The van der Waals surface area contributed by atoms with Crippen LogP contribution in [0.1, 0.15) is 37.9 Å². The molecule has 3 aromatic rings. The molecule has 0 radical (unpaired) electrons. The van der Waals surface area contributed by atoms with Crippen LogP contribution in [0.5, 0.6) is 0 Å². The van der Waals surface area contributed by atoms with Gasteiger partial charge in [-0.1, -0.05) is 84.9 Å². The molecule has 3 rings (SSSR count). The second-order valence-electron chi connectivity index (χ2n) is 9.48. The number of methoxy groups -OCH3 is 1. The van der Waals surface area contributed by atoms with Gasteiger partial charge in [-0.15, -0.1) is 0 Å². The summed E-state index contributed by atoms with van der Waals surface area (Å²) in [7, 11) is 1.57. The Balaban J connectivity index is 2.03. The van der Waals surface area contributed by atoms with Crippen LogP contribution in [0, 0.1) is 0 Å². The molecule has 2 atom stereocenters. The summed E-state index contributed by atoms with van der Waals surface area (Å²) in [6.07, 6.45) is -0.147. The molecule has 0 bridgehead atoms. The Labute approximate surface area is 207 Å². The summed E-state index contributed by atoms with van der Waals surface area (Å²) < 4.78 is 11.2. The number of carbonyl (C=O) groups is 2. The molecule has 0 heterocycles. The van der Waals surface area contributed by atoms with Crippen LogP contribution >= 0.6 is 0 Å². The highest BCUT2D eigenvalue weighted by Crippen LogP contribution is 2.29. The summed E-state index contributed by atoms with van der Waals surface area (Å²) in [5.74, 6) is -0.641. The lowest BCUT2D eigenvalue weighted by molar-refractivity contribution is -0.125. The van der Waals surface area contributed by atoms with Gasteiger partial charge in [0.25, 0.3) is 0 Å². The van der Waals surface area contributed by atoms with Crippen molar-refractivity contribution in [3.8, 4) is 11.1 Å². The molecule has 0 aliphatic carbocycles. The first-order valence-electron chi connectivity index (χ1n) is 11.7. The van der Waals surface area contributed by atoms with Gasteiger partial charge in [0.05, 0.1) is 12.6 Å². The first-order chi connectivity index (χ1) is 16.7. The fourth-order valence-electron chi connectivity index (χ4n) is 4.05. The molecule has 2 amide bonds. The fraction of sp³-hybridized carbons (Fsp3) is 0.310. The van der Waals surface area contributed by atoms with Gasteiger partial charge in [-0.3, -0.25) is 9.69 Å². The highest BCUT2D eigenvalue weighted by atomic mass is 16.6. The highest BCUT2D eigenvalue weighted by Gasteiger charge is 2.38. The van der Waals surface area contributed by atoms with Crippen LogP contribution in [0.15, 0.2) is 84.9 Å². The van der Waals surface area contributed by atoms with E-state index in [1.54, 1.807) is 27.9 Å². The molecule has 6 nitrogen and oxygen atoms in total. The molecule has 35 heavy (non-hydrogen) atoms. The van der Waals surface area contributed by atoms with Crippen molar-refractivity contribution in [3.05, 3.63) is 96.1 Å². The van der Waals surface area contributed by atoms with Crippen LogP contribution in [-0.2, 0) is 20.7 Å². The molecule has 0 saturated carbocycles. The molecular weight excluding hydrogens is 440 g/mol. The highest BCUT2D eigenvalue weighted by molar-refractivity contribution is 5.86. The van der Waals surface area contributed by atoms with Crippen molar-refractivity contribution in [2.75, 3.05) is 13.7 Å². The Morgan fingerprint density at radius 1 is 0.857 bits per heavy atom. The molecule has 3 aromatic carbocycles. The average molecular weight is 475 g/mol. The Bertz CT molecular complexity index is 1090. The van der Waals surface area contributed by atoms with Crippen molar-refractivity contribution in [1.82, 2.24) is 4.90 Å². The zero-order valence-electron chi connectivity index (χ0n) is 20.8. The summed E-state index contributed by atoms with van der Waals surface area (Å²) in [6, 6.07) is 25.7. The molecule has 0 saturated heterocycles. The summed E-state index contributed by atoms with van der Waals surface area (Å²) in [5.41, 5.74) is 8.84. The molecule has 1 unspecified atom stereocenters. The molecule has 0 aliphatic heterocycles. The van der Waals surface area contributed by atoms with Gasteiger partial charge >= 0.3 is 6.09 Å². The van der Waals surface area contributed by atoms with Gasteiger partial charge in [0.15, 0.2) is 0 Å². The number of nitrogens with zero attached hydrogens (tertiary/aromatic N) is 1. The Morgan fingerprint density at radius 3 is 1.91 bits per heavy atom. The van der Waals surface area contributed by atoms with Gasteiger partial charge in [0.1, 0.15) is 11.6 Å². The molecule has 2 N–H and O–H groups in total. The van der Waals surface area contributed by atoms with Crippen molar-refractivity contribution in [2.24, 2.45) is 5.73 Å². The Kier molecular flexibility index (Phi) is 8.66. The van der Waals surface area contributed by atoms with E-state index < -0.39 is 29.7 Å². The van der Waals surface area contributed by atoms with E-state index in [0.717, 1.165) is 16.7 Å². The molecule has 0 aromatic heterocycles. The second kappa shape index (κ2) is 11.7. The van der Waals surface area contributed by atoms with Crippen molar-refractivity contribution >= 4 is 12.0 Å². The predicted molar refractivity (Wildman–Crippen MR) is 138 cm³/mol. The predicted octanol–water partition coefficient (Wildman–Crippen LogP) is 5.37. The van der Waals surface area contributed by atoms with Gasteiger partial charge < -0.3 is 15.2 Å². The maximum absolute atomic E-state index is 13.5. The van der Waals surface area contributed by atoms with E-state index in [1.165, 1.54) is 4.90 Å². The number of hydrogen-bond donors (Lipinski definition) is 1. The molecule has 0 spiro atoms. The summed E-state index contributed by atoms with van der Waals surface area (Å²) in [5, 5.41) is 0. The normalized spacial score (nSPS) is 13.0. The molecular formula is C29H34N2O4. The van der Waals surface area contributed by atoms with Crippen LogP contribution < -0.4 is 5.73 Å². The standard InChI is InChI=1S/C29H34N2O4/c1-29(2,3)35-28(33)31(25(20-34-4)19-21-11-7-5-8-12-21)26(27(30)32)24-17-15-23(16-18-24)22-13-9-6-10-14-22/h5-18,25-26H,19-20H2,1-4H3,(H2,30,32)/t25-,26?/m0/s1. The topological polar surface area (TPSA) is 81.9 Å². The summed E-state index contributed by atoms with van der Waals surface area (Å²) >= 11 is 0. The number of hydrogen-bond acceptors (Lipinski definition) is 4. The number of ether oxygens (including phenoxy) is 2. The fourth-order valence-corrected chi connectivity index (χ4v) is 4.05. The van der Waals surface area contributed by atoms with Gasteiger partial charge in [-0.05, 0) is 49.4 Å². The minimum atomic E-state index is -1.03. The molecule has 0 fully saturated rings. The zero-order valence-corrected chi connectivity index (χ0v) is 20.8. The third kappa shape index (κ3) is 7.17. The maximum Gasteiger partial charge on any atom is 0.411 e. The lowest BCUT2D eigenvalue weighted by Gasteiger charge is -2.37. The molecule has 0 aliphatic rings. The van der Waals surface area contributed by atoms with Gasteiger partial charge in [-0.25, -0.2) is 4.79 Å². The largest absolute Gasteiger partial charge is 0.444 e. The van der Waals surface area contributed by atoms with Gasteiger partial charge in [-0.2, -0.15) is 0 Å². The first-order valence-corrected chi connectivity index (χ1v) is 11.7. The van der Waals surface area contributed by atoms with Crippen LogP contribution in [0.3, 0.4) is 0 Å². The monoisotopic (exact) mass is 474 g/mol. The minimum absolute atomic E-state index is 0.208. The molecule has 6 heteroatoms. The van der Waals surface area contributed by atoms with E-state index in [4.69, 9.17) is 15.2 Å². The van der Waals surface area contributed by atoms with Crippen molar-refractivity contribution in [3.63, 3.8) is 0 Å². The number of carbonyl (C=O) groups excluding carboxylic acids is 2. The lowest BCUT2D eigenvalue weighted by atomic mass is 9.97. The summed E-state index contributed by atoms with van der Waals surface area (Å²) in [4.78, 5) is 27.8. The quantitative estimate of drug-likeness (QED) is 0.452.